The summed E-state index contributed by atoms with van der Waals surface area (Å²) in [5.41, 5.74) is 2.47. The highest BCUT2D eigenvalue weighted by atomic mass is 79.9. The topological polar surface area (TPSA) is 59.2 Å². The summed E-state index contributed by atoms with van der Waals surface area (Å²) in [6, 6.07) is 10.9. The zero-order chi connectivity index (χ0) is 15.0. The quantitative estimate of drug-likeness (QED) is 0.650. The molecule has 0 saturated carbocycles. The lowest BCUT2D eigenvalue weighted by atomic mass is 10.1. The first-order valence-corrected chi connectivity index (χ1v) is 7.72. The van der Waals surface area contributed by atoms with Crippen molar-refractivity contribution in [2.24, 2.45) is 0 Å². The third-order valence-corrected chi connectivity index (χ3v) is 4.39. The Morgan fingerprint density at radius 2 is 1.90 bits per heavy atom. The number of aromatic hydroxyl groups is 1. The van der Waals surface area contributed by atoms with Crippen LogP contribution in [0.15, 0.2) is 49.9 Å². The van der Waals surface area contributed by atoms with E-state index in [4.69, 9.17) is 4.52 Å². The van der Waals surface area contributed by atoms with Gasteiger partial charge < -0.3 is 9.63 Å². The third-order valence-electron chi connectivity index (χ3n) is 3.05. The number of halogens is 2. The molecule has 0 aliphatic carbocycles. The molecule has 0 saturated heterocycles. The first-order chi connectivity index (χ1) is 10.0. The first kappa shape index (κ1) is 14.3. The van der Waals surface area contributed by atoms with Crippen LogP contribution in [-0.4, -0.2) is 15.2 Å². The van der Waals surface area contributed by atoms with Crippen LogP contribution in [0.4, 0.5) is 0 Å². The Bertz CT molecular complexity index is 815. The molecule has 3 rings (SSSR count). The molecule has 0 fully saturated rings. The number of rotatable bonds is 2. The van der Waals surface area contributed by atoms with E-state index in [9.17, 15) is 5.11 Å². The lowest BCUT2D eigenvalue weighted by Gasteiger charge is -2.00. The molecule has 0 unspecified atom stereocenters. The van der Waals surface area contributed by atoms with Crippen LogP contribution in [0, 0.1) is 6.92 Å². The molecule has 0 bridgehead atoms. The Morgan fingerprint density at radius 1 is 1.10 bits per heavy atom. The number of phenols is 1. The van der Waals surface area contributed by atoms with Crippen molar-refractivity contribution in [3.8, 4) is 28.6 Å². The summed E-state index contributed by atoms with van der Waals surface area (Å²) in [5.74, 6) is 0.851. The van der Waals surface area contributed by atoms with E-state index in [2.05, 4.69) is 42.0 Å². The van der Waals surface area contributed by atoms with Gasteiger partial charge in [0.25, 0.3) is 5.89 Å². The van der Waals surface area contributed by atoms with Crippen molar-refractivity contribution < 1.29 is 9.63 Å². The van der Waals surface area contributed by atoms with Crippen LogP contribution in [0.3, 0.4) is 0 Å². The van der Waals surface area contributed by atoms with Crippen LogP contribution < -0.4 is 0 Å². The average Bonchev–Trinajstić information content (AvgIpc) is 2.94. The Hall–Kier alpha value is -1.66. The van der Waals surface area contributed by atoms with Crippen molar-refractivity contribution in [2.75, 3.05) is 0 Å². The van der Waals surface area contributed by atoms with Gasteiger partial charge in [-0.15, -0.1) is 0 Å². The molecule has 0 atom stereocenters. The molecule has 6 heteroatoms. The van der Waals surface area contributed by atoms with E-state index in [-0.39, 0.29) is 11.6 Å². The van der Waals surface area contributed by atoms with E-state index in [0.717, 1.165) is 20.1 Å². The van der Waals surface area contributed by atoms with Crippen LogP contribution >= 0.6 is 31.9 Å². The highest BCUT2D eigenvalue weighted by Crippen LogP contribution is 2.32. The van der Waals surface area contributed by atoms with E-state index in [0.29, 0.717) is 11.4 Å². The van der Waals surface area contributed by atoms with Gasteiger partial charge in [-0.1, -0.05) is 49.1 Å². The molecule has 21 heavy (non-hydrogen) atoms. The van der Waals surface area contributed by atoms with E-state index in [1.54, 1.807) is 18.2 Å². The van der Waals surface area contributed by atoms with Crippen LogP contribution in [-0.2, 0) is 0 Å². The molecular formula is C15H10Br2N2O2. The van der Waals surface area contributed by atoms with Crippen LogP contribution in [0.1, 0.15) is 5.56 Å². The van der Waals surface area contributed by atoms with Crippen molar-refractivity contribution in [2.45, 2.75) is 6.92 Å². The molecule has 0 amide bonds. The number of aromatic nitrogens is 2. The van der Waals surface area contributed by atoms with Gasteiger partial charge in [0.05, 0.1) is 5.56 Å². The standard InChI is InChI=1S/C15H10Br2N2O2/c1-8-2-3-9(6-12(8)17)14-18-15(21-19-14)11-7-10(16)4-5-13(11)20/h2-7,20H,1H3. The summed E-state index contributed by atoms with van der Waals surface area (Å²) >= 11 is 6.84. The van der Waals surface area contributed by atoms with E-state index >= 15 is 0 Å². The fourth-order valence-electron chi connectivity index (χ4n) is 1.86. The molecule has 1 heterocycles. The van der Waals surface area contributed by atoms with E-state index in [1.807, 2.05) is 25.1 Å². The van der Waals surface area contributed by atoms with Crippen molar-refractivity contribution in [1.82, 2.24) is 10.1 Å². The van der Waals surface area contributed by atoms with Gasteiger partial charge >= 0.3 is 0 Å². The van der Waals surface area contributed by atoms with Crippen LogP contribution in [0.5, 0.6) is 5.75 Å². The molecule has 106 valence electrons. The first-order valence-electron chi connectivity index (χ1n) is 6.14. The summed E-state index contributed by atoms with van der Waals surface area (Å²) in [5, 5.41) is 13.9. The SMILES string of the molecule is Cc1ccc(-c2noc(-c3cc(Br)ccc3O)n2)cc1Br. The molecule has 0 aliphatic rings. The summed E-state index contributed by atoms with van der Waals surface area (Å²) < 4.78 is 7.06. The molecule has 2 aromatic carbocycles. The predicted octanol–water partition coefficient (Wildman–Crippen LogP) is 4.94. The second-order valence-corrected chi connectivity index (χ2v) is 6.32. The van der Waals surface area contributed by atoms with Crippen molar-refractivity contribution in [1.29, 1.82) is 0 Å². The Morgan fingerprint density at radius 3 is 2.67 bits per heavy atom. The smallest absolute Gasteiger partial charge is 0.262 e. The normalized spacial score (nSPS) is 10.8. The fourth-order valence-corrected chi connectivity index (χ4v) is 2.60. The molecule has 0 spiro atoms. The van der Waals surface area contributed by atoms with Gasteiger partial charge in [0.2, 0.25) is 5.82 Å². The highest BCUT2D eigenvalue weighted by Gasteiger charge is 2.14. The van der Waals surface area contributed by atoms with Crippen molar-refractivity contribution >= 4 is 31.9 Å². The summed E-state index contributed by atoms with van der Waals surface area (Å²) in [6.07, 6.45) is 0. The zero-order valence-corrected chi connectivity index (χ0v) is 14.1. The predicted molar refractivity (Wildman–Crippen MR) is 87.0 cm³/mol. The molecular weight excluding hydrogens is 400 g/mol. The molecule has 0 aliphatic heterocycles. The summed E-state index contributed by atoms with van der Waals surface area (Å²) in [4.78, 5) is 4.34. The van der Waals surface area contributed by atoms with Crippen LogP contribution in [0.25, 0.3) is 22.8 Å². The van der Waals surface area contributed by atoms with E-state index in [1.165, 1.54) is 0 Å². The monoisotopic (exact) mass is 408 g/mol. The lowest BCUT2D eigenvalue weighted by molar-refractivity contribution is 0.425. The van der Waals surface area contributed by atoms with Crippen molar-refractivity contribution in [3.63, 3.8) is 0 Å². The van der Waals surface area contributed by atoms with Gasteiger partial charge in [-0.05, 0) is 36.8 Å². The number of aryl methyl sites for hydroxylation is 1. The Kier molecular flexibility index (Phi) is 3.82. The van der Waals surface area contributed by atoms with E-state index < -0.39 is 0 Å². The van der Waals surface area contributed by atoms with Gasteiger partial charge in [0.15, 0.2) is 0 Å². The Balaban J connectivity index is 2.03. The lowest BCUT2D eigenvalue weighted by Crippen LogP contribution is -1.84. The van der Waals surface area contributed by atoms with Gasteiger partial charge in [-0.2, -0.15) is 4.98 Å². The largest absolute Gasteiger partial charge is 0.507 e. The number of nitrogens with zero attached hydrogens (tertiary/aromatic N) is 2. The maximum atomic E-state index is 9.89. The zero-order valence-electron chi connectivity index (χ0n) is 11.0. The van der Waals surface area contributed by atoms with Crippen molar-refractivity contribution in [3.05, 3.63) is 50.9 Å². The highest BCUT2D eigenvalue weighted by molar-refractivity contribution is 9.10. The minimum Gasteiger partial charge on any atom is -0.507 e. The molecule has 4 nitrogen and oxygen atoms in total. The molecule has 1 aromatic heterocycles. The second-order valence-electron chi connectivity index (χ2n) is 4.55. The van der Waals surface area contributed by atoms with Gasteiger partial charge in [0, 0.05) is 14.5 Å². The summed E-state index contributed by atoms with van der Waals surface area (Å²) in [6.45, 7) is 2.01. The molecule has 3 aromatic rings. The van der Waals surface area contributed by atoms with Crippen LogP contribution in [0.2, 0.25) is 0 Å². The maximum absolute atomic E-state index is 9.89. The number of benzene rings is 2. The van der Waals surface area contributed by atoms with Gasteiger partial charge in [-0.25, -0.2) is 0 Å². The number of phenolic OH excluding ortho intramolecular Hbond substituents is 1. The maximum Gasteiger partial charge on any atom is 0.262 e. The van der Waals surface area contributed by atoms with Gasteiger partial charge in [-0.3, -0.25) is 0 Å². The fraction of sp³-hybridized carbons (Fsp3) is 0.0667. The minimum absolute atomic E-state index is 0.0958. The van der Waals surface area contributed by atoms with Gasteiger partial charge in [0.1, 0.15) is 5.75 Å². The third kappa shape index (κ3) is 2.87. The molecule has 1 N–H and O–H groups in total. The molecule has 0 radical (unpaired) electrons. The Labute approximate surface area is 138 Å². The minimum atomic E-state index is 0.0958. The number of hydrogen-bond donors (Lipinski definition) is 1. The average molecular weight is 410 g/mol. The second kappa shape index (κ2) is 5.61. The summed E-state index contributed by atoms with van der Waals surface area (Å²) in [7, 11) is 0. The number of hydrogen-bond acceptors (Lipinski definition) is 4.